The molecular weight excluding hydrogens is 225 g/mol. The number of hydrogen-bond donors (Lipinski definition) is 1. The van der Waals surface area contributed by atoms with Gasteiger partial charge in [0.15, 0.2) is 0 Å². The summed E-state index contributed by atoms with van der Waals surface area (Å²) in [6.45, 7) is 4.29. The molecule has 1 nitrogen and oxygen atoms in total. The van der Waals surface area contributed by atoms with Crippen LogP contribution >= 0.6 is 0 Å². The van der Waals surface area contributed by atoms with Crippen LogP contribution in [0.2, 0.25) is 0 Å². The third-order valence-corrected chi connectivity index (χ3v) is 3.31. The summed E-state index contributed by atoms with van der Waals surface area (Å²) in [5, 5.41) is 3.46. The first kappa shape index (κ1) is 12.6. The van der Waals surface area contributed by atoms with Crippen LogP contribution in [0.3, 0.4) is 0 Å². The van der Waals surface area contributed by atoms with Crippen LogP contribution in [0.25, 0.3) is 0 Å². The fraction of sp³-hybridized carbons (Fsp3) is 0.250. The Morgan fingerprint density at radius 1 is 0.889 bits per heavy atom. The maximum atomic E-state index is 12.9. The summed E-state index contributed by atoms with van der Waals surface area (Å²) < 4.78 is 12.9. The predicted molar refractivity (Wildman–Crippen MR) is 74.3 cm³/mol. The fourth-order valence-electron chi connectivity index (χ4n) is 1.98. The van der Waals surface area contributed by atoms with E-state index < -0.39 is 0 Å². The van der Waals surface area contributed by atoms with Gasteiger partial charge in [0, 0.05) is 17.6 Å². The molecule has 0 aliphatic heterocycles. The molecule has 0 bridgehead atoms. The van der Waals surface area contributed by atoms with Gasteiger partial charge in [-0.05, 0) is 36.8 Å². The summed E-state index contributed by atoms with van der Waals surface area (Å²) >= 11 is 0. The first-order valence-electron chi connectivity index (χ1n) is 6.24. The molecule has 0 saturated heterocycles. The van der Waals surface area contributed by atoms with Crippen LogP contribution in [0.15, 0.2) is 54.6 Å². The molecule has 2 unspecified atom stereocenters. The molecule has 1 N–H and O–H groups in total. The van der Waals surface area contributed by atoms with Crippen molar-refractivity contribution in [3.05, 3.63) is 66.0 Å². The van der Waals surface area contributed by atoms with Gasteiger partial charge in [0.2, 0.25) is 0 Å². The lowest BCUT2D eigenvalue weighted by atomic mass is 9.94. The molecule has 2 atom stereocenters. The average Bonchev–Trinajstić information content (AvgIpc) is 2.40. The van der Waals surface area contributed by atoms with Gasteiger partial charge in [0.05, 0.1) is 0 Å². The molecule has 0 fully saturated rings. The van der Waals surface area contributed by atoms with Crippen molar-refractivity contribution in [2.75, 3.05) is 5.32 Å². The number of anilines is 1. The van der Waals surface area contributed by atoms with E-state index in [4.69, 9.17) is 0 Å². The number of hydrogen-bond acceptors (Lipinski definition) is 1. The summed E-state index contributed by atoms with van der Waals surface area (Å²) in [6.07, 6.45) is 0. The maximum Gasteiger partial charge on any atom is 0.123 e. The molecule has 0 aliphatic carbocycles. The lowest BCUT2D eigenvalue weighted by Crippen LogP contribution is -2.22. The second kappa shape index (κ2) is 5.67. The molecule has 0 radical (unpaired) electrons. The Bertz CT molecular complexity index is 478. The van der Waals surface area contributed by atoms with E-state index in [1.165, 1.54) is 12.1 Å². The summed E-state index contributed by atoms with van der Waals surface area (Å²) in [5.41, 5.74) is 2.26. The lowest BCUT2D eigenvalue weighted by Gasteiger charge is -2.22. The minimum atomic E-state index is -0.186. The molecule has 0 saturated carbocycles. The van der Waals surface area contributed by atoms with Gasteiger partial charge in [-0.25, -0.2) is 4.39 Å². The molecule has 2 heteroatoms. The largest absolute Gasteiger partial charge is 0.382 e. The van der Waals surface area contributed by atoms with Crippen molar-refractivity contribution in [2.24, 2.45) is 0 Å². The number of benzene rings is 2. The van der Waals surface area contributed by atoms with Crippen LogP contribution in [-0.2, 0) is 0 Å². The van der Waals surface area contributed by atoms with E-state index in [0.29, 0.717) is 5.92 Å². The van der Waals surface area contributed by atoms with Gasteiger partial charge in [-0.15, -0.1) is 0 Å². The third-order valence-electron chi connectivity index (χ3n) is 3.31. The van der Waals surface area contributed by atoms with E-state index in [9.17, 15) is 4.39 Å². The summed E-state index contributed by atoms with van der Waals surface area (Å²) in [4.78, 5) is 0. The molecule has 18 heavy (non-hydrogen) atoms. The van der Waals surface area contributed by atoms with Crippen molar-refractivity contribution < 1.29 is 4.39 Å². The van der Waals surface area contributed by atoms with Crippen molar-refractivity contribution in [1.82, 2.24) is 0 Å². The minimum absolute atomic E-state index is 0.186. The Balaban J connectivity index is 2.05. The molecule has 0 aromatic heterocycles. The van der Waals surface area contributed by atoms with Gasteiger partial charge in [-0.3, -0.25) is 0 Å². The van der Waals surface area contributed by atoms with Crippen molar-refractivity contribution in [3.8, 4) is 0 Å². The van der Waals surface area contributed by atoms with E-state index in [1.807, 2.05) is 42.5 Å². The highest BCUT2D eigenvalue weighted by molar-refractivity contribution is 5.44. The Labute approximate surface area is 108 Å². The smallest absolute Gasteiger partial charge is 0.123 e. The number of rotatable bonds is 4. The third kappa shape index (κ3) is 3.10. The first-order chi connectivity index (χ1) is 8.66. The zero-order valence-corrected chi connectivity index (χ0v) is 10.7. The fourth-order valence-corrected chi connectivity index (χ4v) is 1.98. The van der Waals surface area contributed by atoms with E-state index in [-0.39, 0.29) is 11.9 Å². The lowest BCUT2D eigenvalue weighted by molar-refractivity contribution is 0.619. The van der Waals surface area contributed by atoms with Crippen molar-refractivity contribution >= 4 is 5.69 Å². The van der Waals surface area contributed by atoms with Gasteiger partial charge >= 0.3 is 0 Å². The highest BCUT2D eigenvalue weighted by Gasteiger charge is 2.13. The number of nitrogens with one attached hydrogen (secondary N) is 1. The Morgan fingerprint density at radius 3 is 2.11 bits per heavy atom. The molecule has 2 rings (SSSR count). The molecule has 0 spiro atoms. The van der Waals surface area contributed by atoms with Crippen molar-refractivity contribution in [3.63, 3.8) is 0 Å². The van der Waals surface area contributed by atoms with Crippen LogP contribution in [-0.4, -0.2) is 6.04 Å². The summed E-state index contributed by atoms with van der Waals surface area (Å²) in [7, 11) is 0. The van der Waals surface area contributed by atoms with Crippen molar-refractivity contribution in [2.45, 2.75) is 25.8 Å². The monoisotopic (exact) mass is 243 g/mol. The van der Waals surface area contributed by atoms with Crippen LogP contribution in [0.5, 0.6) is 0 Å². The Hall–Kier alpha value is -1.83. The molecule has 2 aromatic rings. The van der Waals surface area contributed by atoms with E-state index in [1.54, 1.807) is 0 Å². The van der Waals surface area contributed by atoms with E-state index >= 15 is 0 Å². The Kier molecular flexibility index (Phi) is 3.98. The second-order valence-corrected chi connectivity index (χ2v) is 4.64. The average molecular weight is 243 g/mol. The predicted octanol–water partition coefficient (Wildman–Crippen LogP) is 4.43. The number of para-hydroxylation sites is 1. The molecule has 94 valence electrons. The van der Waals surface area contributed by atoms with Gasteiger partial charge < -0.3 is 5.32 Å². The topological polar surface area (TPSA) is 12.0 Å². The molecule has 0 amide bonds. The summed E-state index contributed by atoms with van der Waals surface area (Å²) in [6, 6.07) is 17.1. The molecular formula is C16H18FN. The van der Waals surface area contributed by atoms with E-state index in [0.717, 1.165) is 11.3 Å². The summed E-state index contributed by atoms with van der Waals surface area (Å²) in [5.74, 6) is 0.139. The van der Waals surface area contributed by atoms with Gasteiger partial charge in [0.25, 0.3) is 0 Å². The SMILES string of the molecule is CC(Nc1ccccc1)C(C)c1ccc(F)cc1. The van der Waals surface area contributed by atoms with Crippen LogP contribution in [0.4, 0.5) is 10.1 Å². The van der Waals surface area contributed by atoms with Gasteiger partial charge in [0.1, 0.15) is 5.82 Å². The Morgan fingerprint density at radius 2 is 1.50 bits per heavy atom. The van der Waals surface area contributed by atoms with Crippen LogP contribution in [0.1, 0.15) is 25.3 Å². The van der Waals surface area contributed by atoms with E-state index in [2.05, 4.69) is 19.2 Å². The molecule has 0 heterocycles. The molecule has 0 aliphatic rings. The van der Waals surface area contributed by atoms with Crippen LogP contribution < -0.4 is 5.32 Å². The standard InChI is InChI=1S/C16H18FN/c1-12(14-8-10-15(17)11-9-14)13(2)18-16-6-4-3-5-7-16/h3-13,18H,1-2H3. The maximum absolute atomic E-state index is 12.9. The quantitative estimate of drug-likeness (QED) is 0.837. The van der Waals surface area contributed by atoms with Gasteiger partial charge in [-0.1, -0.05) is 37.3 Å². The molecule has 2 aromatic carbocycles. The highest BCUT2D eigenvalue weighted by Crippen LogP contribution is 2.22. The zero-order valence-electron chi connectivity index (χ0n) is 10.7. The normalized spacial score (nSPS) is 13.9. The van der Waals surface area contributed by atoms with Crippen LogP contribution in [0, 0.1) is 5.82 Å². The zero-order chi connectivity index (χ0) is 13.0. The number of halogens is 1. The van der Waals surface area contributed by atoms with Crippen molar-refractivity contribution in [1.29, 1.82) is 0 Å². The van der Waals surface area contributed by atoms with Gasteiger partial charge in [-0.2, -0.15) is 0 Å². The first-order valence-corrected chi connectivity index (χ1v) is 6.24. The minimum Gasteiger partial charge on any atom is -0.382 e. The highest BCUT2D eigenvalue weighted by atomic mass is 19.1. The second-order valence-electron chi connectivity index (χ2n) is 4.64.